The normalized spacial score (nSPS) is 13.8. The summed E-state index contributed by atoms with van der Waals surface area (Å²) < 4.78 is 38.4. The minimum absolute atomic E-state index is 0.110. The summed E-state index contributed by atoms with van der Waals surface area (Å²) in [4.78, 5) is 0. The number of aryl methyl sites for hydroxylation is 1. The van der Waals surface area contributed by atoms with E-state index in [1.807, 2.05) is 13.1 Å². The fraction of sp³-hybridized carbons (Fsp3) is 0.750. The molecule has 1 unspecified atom stereocenters. The van der Waals surface area contributed by atoms with Gasteiger partial charge in [0.1, 0.15) is 0 Å². The summed E-state index contributed by atoms with van der Waals surface area (Å²) in [6.45, 7) is 2.74. The minimum Gasteiger partial charge on any atom is -0.314 e. The number of halogens is 3. The van der Waals surface area contributed by atoms with Gasteiger partial charge >= 0.3 is 6.18 Å². The van der Waals surface area contributed by atoms with Crippen molar-refractivity contribution >= 4 is 0 Å². The van der Waals surface area contributed by atoms with Gasteiger partial charge in [-0.25, -0.2) is 0 Å². The Morgan fingerprint density at radius 2 is 2.17 bits per heavy atom. The molecule has 3 nitrogen and oxygen atoms in total. The maximum absolute atomic E-state index is 12.2. The third kappa shape index (κ3) is 6.05. The lowest BCUT2D eigenvalue weighted by molar-refractivity contribution is -0.136. The number of nitrogens with zero attached hydrogens (tertiary/aromatic N) is 2. The second-order valence-corrected chi connectivity index (χ2v) is 4.53. The molecule has 0 fully saturated rings. The van der Waals surface area contributed by atoms with E-state index in [1.165, 1.54) is 0 Å². The van der Waals surface area contributed by atoms with Crippen molar-refractivity contribution in [1.29, 1.82) is 0 Å². The smallest absolute Gasteiger partial charge is 0.314 e. The van der Waals surface area contributed by atoms with Crippen molar-refractivity contribution in [2.75, 3.05) is 6.54 Å². The second kappa shape index (κ2) is 6.78. The first-order chi connectivity index (χ1) is 8.40. The zero-order valence-corrected chi connectivity index (χ0v) is 10.8. The molecule has 0 saturated heterocycles. The fourth-order valence-electron chi connectivity index (χ4n) is 1.82. The lowest BCUT2D eigenvalue weighted by Gasteiger charge is -2.18. The molecule has 0 saturated carbocycles. The maximum atomic E-state index is 12.2. The van der Waals surface area contributed by atoms with Gasteiger partial charge in [-0.2, -0.15) is 18.3 Å². The van der Waals surface area contributed by atoms with E-state index in [2.05, 4.69) is 10.4 Å². The molecule has 0 aromatic carbocycles. The quantitative estimate of drug-likeness (QED) is 0.819. The molecule has 104 valence electrons. The van der Waals surface area contributed by atoms with Crippen LogP contribution in [0.25, 0.3) is 0 Å². The summed E-state index contributed by atoms with van der Waals surface area (Å²) in [5.74, 6) is 0. The van der Waals surface area contributed by atoms with Crippen LogP contribution in [-0.4, -0.2) is 28.5 Å². The van der Waals surface area contributed by atoms with Crippen LogP contribution in [0.5, 0.6) is 0 Å². The Balaban J connectivity index is 2.49. The zero-order chi connectivity index (χ0) is 13.6. The third-order valence-corrected chi connectivity index (χ3v) is 2.70. The van der Waals surface area contributed by atoms with Crippen molar-refractivity contribution in [3.05, 3.63) is 18.0 Å². The number of alkyl halides is 3. The van der Waals surface area contributed by atoms with Crippen molar-refractivity contribution in [3.8, 4) is 0 Å². The maximum Gasteiger partial charge on any atom is 0.389 e. The van der Waals surface area contributed by atoms with Crippen LogP contribution < -0.4 is 5.32 Å². The molecule has 0 aliphatic heterocycles. The molecule has 1 aromatic rings. The number of rotatable bonds is 7. The number of nitrogens with one attached hydrogen (secondary N) is 1. The van der Waals surface area contributed by atoms with Crippen LogP contribution in [0.2, 0.25) is 0 Å². The van der Waals surface area contributed by atoms with E-state index in [-0.39, 0.29) is 12.5 Å². The van der Waals surface area contributed by atoms with Crippen molar-refractivity contribution in [2.24, 2.45) is 7.05 Å². The molecule has 0 spiro atoms. The Bertz CT molecular complexity index is 347. The minimum atomic E-state index is -4.08. The Morgan fingerprint density at radius 3 is 2.67 bits per heavy atom. The molecule has 0 amide bonds. The molecule has 0 aliphatic rings. The van der Waals surface area contributed by atoms with Gasteiger partial charge in [0.2, 0.25) is 0 Å². The summed E-state index contributed by atoms with van der Waals surface area (Å²) >= 11 is 0. The summed E-state index contributed by atoms with van der Waals surface area (Å²) in [6, 6.07) is -0.143. The first-order valence-electron chi connectivity index (χ1n) is 6.18. The van der Waals surface area contributed by atoms with Gasteiger partial charge in [-0.3, -0.25) is 4.68 Å². The number of aromatic nitrogens is 2. The predicted octanol–water partition coefficient (Wildman–Crippen LogP) is 2.67. The van der Waals surface area contributed by atoms with E-state index < -0.39 is 12.6 Å². The number of hydrogen-bond donors (Lipinski definition) is 1. The monoisotopic (exact) mass is 263 g/mol. The lowest BCUT2D eigenvalue weighted by atomic mass is 10.0. The van der Waals surface area contributed by atoms with Gasteiger partial charge in [0.25, 0.3) is 0 Å². The molecule has 1 N–H and O–H groups in total. The molecule has 1 rings (SSSR count). The third-order valence-electron chi connectivity index (χ3n) is 2.70. The molecule has 1 heterocycles. The van der Waals surface area contributed by atoms with Gasteiger partial charge in [-0.15, -0.1) is 0 Å². The molecule has 18 heavy (non-hydrogen) atoms. The molecule has 1 aromatic heterocycles. The zero-order valence-electron chi connectivity index (χ0n) is 10.8. The Hall–Kier alpha value is -1.04. The van der Waals surface area contributed by atoms with Crippen molar-refractivity contribution in [3.63, 3.8) is 0 Å². The molecular weight excluding hydrogens is 243 g/mol. The topological polar surface area (TPSA) is 29.9 Å². The Morgan fingerprint density at radius 1 is 1.44 bits per heavy atom. The molecular formula is C12H20F3N3. The standard InChI is InChI=1S/C12H20F3N3/c1-3-6-16-11(4-5-12(13,14)15)7-10-8-17-18(2)9-10/h8-9,11,16H,3-7H2,1-2H3. The van der Waals surface area contributed by atoms with E-state index in [1.54, 1.807) is 17.9 Å². The molecule has 0 aliphatic carbocycles. The summed E-state index contributed by atoms with van der Waals surface area (Å²) in [5, 5.41) is 7.19. The molecule has 0 radical (unpaired) electrons. The van der Waals surface area contributed by atoms with Gasteiger partial charge in [-0.05, 0) is 31.4 Å². The molecule has 1 atom stereocenters. The van der Waals surface area contributed by atoms with Crippen LogP contribution in [0.15, 0.2) is 12.4 Å². The SMILES string of the molecule is CCCNC(CCC(F)(F)F)Cc1cnn(C)c1. The average Bonchev–Trinajstić information content (AvgIpc) is 2.67. The Labute approximate surface area is 105 Å². The average molecular weight is 263 g/mol. The highest BCUT2D eigenvalue weighted by molar-refractivity contribution is 5.05. The number of hydrogen-bond acceptors (Lipinski definition) is 2. The van der Waals surface area contributed by atoms with E-state index in [4.69, 9.17) is 0 Å². The van der Waals surface area contributed by atoms with E-state index >= 15 is 0 Å². The van der Waals surface area contributed by atoms with Gasteiger partial charge in [0, 0.05) is 25.7 Å². The van der Waals surface area contributed by atoms with Gasteiger partial charge in [-0.1, -0.05) is 6.92 Å². The van der Waals surface area contributed by atoms with Crippen molar-refractivity contribution < 1.29 is 13.2 Å². The van der Waals surface area contributed by atoms with E-state index in [9.17, 15) is 13.2 Å². The van der Waals surface area contributed by atoms with Crippen LogP contribution in [-0.2, 0) is 13.5 Å². The van der Waals surface area contributed by atoms with Crippen LogP contribution in [0, 0.1) is 0 Å². The first-order valence-corrected chi connectivity index (χ1v) is 6.18. The summed E-state index contributed by atoms with van der Waals surface area (Å²) in [5.41, 5.74) is 0.966. The highest BCUT2D eigenvalue weighted by Crippen LogP contribution is 2.23. The van der Waals surface area contributed by atoms with E-state index in [0.717, 1.165) is 18.5 Å². The van der Waals surface area contributed by atoms with Crippen molar-refractivity contribution in [1.82, 2.24) is 15.1 Å². The van der Waals surface area contributed by atoms with Crippen LogP contribution in [0.4, 0.5) is 13.2 Å². The van der Waals surface area contributed by atoms with Gasteiger partial charge in [0.05, 0.1) is 6.20 Å². The van der Waals surface area contributed by atoms with Gasteiger partial charge in [0.15, 0.2) is 0 Å². The van der Waals surface area contributed by atoms with E-state index in [0.29, 0.717) is 6.42 Å². The second-order valence-electron chi connectivity index (χ2n) is 4.53. The largest absolute Gasteiger partial charge is 0.389 e. The van der Waals surface area contributed by atoms with Crippen molar-refractivity contribution in [2.45, 2.75) is 44.8 Å². The van der Waals surface area contributed by atoms with Crippen LogP contribution >= 0.6 is 0 Å². The fourth-order valence-corrected chi connectivity index (χ4v) is 1.82. The Kier molecular flexibility index (Phi) is 5.65. The van der Waals surface area contributed by atoms with Crippen LogP contribution in [0.3, 0.4) is 0 Å². The highest BCUT2D eigenvalue weighted by atomic mass is 19.4. The lowest BCUT2D eigenvalue weighted by Crippen LogP contribution is -2.33. The van der Waals surface area contributed by atoms with Gasteiger partial charge < -0.3 is 5.32 Å². The summed E-state index contributed by atoms with van der Waals surface area (Å²) in [7, 11) is 1.80. The molecule has 6 heteroatoms. The highest BCUT2D eigenvalue weighted by Gasteiger charge is 2.28. The molecule has 0 bridgehead atoms. The summed E-state index contributed by atoms with van der Waals surface area (Å²) in [6.07, 6.45) is 0.329. The first kappa shape index (κ1) is 15.0. The predicted molar refractivity (Wildman–Crippen MR) is 64.3 cm³/mol. The van der Waals surface area contributed by atoms with Crippen LogP contribution in [0.1, 0.15) is 31.7 Å².